The van der Waals surface area contributed by atoms with Gasteiger partial charge in [-0.15, -0.1) is 11.3 Å². The standard InChI is InChI=1S/C21H15Cl2N3OS/c1-11-2-5-14(23)10-17(11)25-20(27)19-18(24)15-8-9-16(26-21(15)28-19)12-3-6-13(22)7-4-12/h2-10H,24H2,1H3,(H,25,27). The number of nitrogens with two attached hydrogens (primary N) is 1. The Kier molecular flexibility index (Phi) is 4.98. The van der Waals surface area contributed by atoms with E-state index in [0.717, 1.165) is 22.2 Å². The summed E-state index contributed by atoms with van der Waals surface area (Å²) in [5.41, 5.74) is 9.97. The lowest BCUT2D eigenvalue weighted by molar-refractivity contribution is 0.103. The number of nitrogens with zero attached hydrogens (tertiary/aromatic N) is 1. The van der Waals surface area contributed by atoms with Crippen molar-refractivity contribution < 1.29 is 4.79 Å². The monoisotopic (exact) mass is 427 g/mol. The minimum absolute atomic E-state index is 0.279. The van der Waals surface area contributed by atoms with Gasteiger partial charge in [0.1, 0.15) is 9.71 Å². The van der Waals surface area contributed by atoms with E-state index >= 15 is 0 Å². The molecule has 2 aromatic carbocycles. The average Bonchev–Trinajstić information content (AvgIpc) is 3.01. The van der Waals surface area contributed by atoms with Crippen molar-refractivity contribution in [3.8, 4) is 11.3 Å². The van der Waals surface area contributed by atoms with Crippen molar-refractivity contribution in [3.05, 3.63) is 75.1 Å². The third kappa shape index (κ3) is 3.56. The first-order valence-corrected chi connectivity index (χ1v) is 10.0. The predicted molar refractivity (Wildman–Crippen MR) is 119 cm³/mol. The first-order valence-electron chi connectivity index (χ1n) is 8.45. The second-order valence-corrected chi connectivity index (χ2v) is 8.19. The largest absolute Gasteiger partial charge is 0.397 e. The highest BCUT2D eigenvalue weighted by Gasteiger charge is 2.18. The maximum absolute atomic E-state index is 12.8. The Morgan fingerprint density at radius 2 is 1.75 bits per heavy atom. The number of nitrogens with one attached hydrogen (secondary N) is 1. The number of aromatic nitrogens is 1. The quantitative estimate of drug-likeness (QED) is 0.396. The van der Waals surface area contributed by atoms with Crippen LogP contribution >= 0.6 is 34.5 Å². The second-order valence-electron chi connectivity index (χ2n) is 6.31. The third-order valence-electron chi connectivity index (χ3n) is 4.39. The first-order chi connectivity index (χ1) is 13.4. The van der Waals surface area contributed by atoms with Gasteiger partial charge in [-0.05, 0) is 48.9 Å². The molecule has 2 heterocycles. The van der Waals surface area contributed by atoms with Crippen molar-refractivity contribution in [1.29, 1.82) is 0 Å². The van der Waals surface area contributed by atoms with Gasteiger partial charge < -0.3 is 11.1 Å². The fourth-order valence-corrected chi connectivity index (χ4v) is 4.14. The molecule has 4 aromatic rings. The van der Waals surface area contributed by atoms with E-state index in [-0.39, 0.29) is 5.91 Å². The molecular weight excluding hydrogens is 413 g/mol. The number of rotatable bonds is 3. The van der Waals surface area contributed by atoms with Crippen molar-refractivity contribution in [2.45, 2.75) is 6.92 Å². The number of thiophene rings is 1. The van der Waals surface area contributed by atoms with Crippen LogP contribution in [-0.2, 0) is 0 Å². The number of anilines is 2. The SMILES string of the molecule is Cc1ccc(Cl)cc1NC(=O)c1sc2nc(-c3ccc(Cl)cc3)ccc2c1N. The van der Waals surface area contributed by atoms with E-state index in [2.05, 4.69) is 10.3 Å². The number of nitrogen functional groups attached to an aromatic ring is 1. The van der Waals surface area contributed by atoms with Gasteiger partial charge in [-0.3, -0.25) is 4.79 Å². The molecule has 0 atom stereocenters. The van der Waals surface area contributed by atoms with Crippen molar-refractivity contribution in [3.63, 3.8) is 0 Å². The average molecular weight is 428 g/mol. The van der Waals surface area contributed by atoms with Gasteiger partial charge in [-0.1, -0.05) is 41.4 Å². The summed E-state index contributed by atoms with van der Waals surface area (Å²) in [6, 6.07) is 16.6. The zero-order valence-electron chi connectivity index (χ0n) is 14.8. The Balaban J connectivity index is 1.69. The molecule has 4 nitrogen and oxygen atoms in total. The number of halogens is 2. The van der Waals surface area contributed by atoms with Crippen LogP contribution in [0.4, 0.5) is 11.4 Å². The zero-order valence-corrected chi connectivity index (χ0v) is 17.1. The molecule has 0 saturated carbocycles. The van der Waals surface area contributed by atoms with E-state index in [0.29, 0.717) is 31.1 Å². The molecule has 0 unspecified atom stereocenters. The van der Waals surface area contributed by atoms with Crippen LogP contribution in [0.3, 0.4) is 0 Å². The Hall–Kier alpha value is -2.60. The molecule has 28 heavy (non-hydrogen) atoms. The zero-order chi connectivity index (χ0) is 19.8. The number of pyridine rings is 1. The Bertz CT molecular complexity index is 1200. The normalized spacial score (nSPS) is 11.0. The third-order valence-corrected chi connectivity index (χ3v) is 5.99. The van der Waals surface area contributed by atoms with E-state index in [4.69, 9.17) is 28.9 Å². The number of carbonyl (C=O) groups excluding carboxylic acids is 1. The van der Waals surface area contributed by atoms with Crippen LogP contribution in [0.25, 0.3) is 21.5 Å². The molecule has 0 spiro atoms. The van der Waals surface area contributed by atoms with Crippen LogP contribution in [-0.4, -0.2) is 10.9 Å². The van der Waals surface area contributed by atoms with Crippen molar-refractivity contribution in [2.75, 3.05) is 11.1 Å². The lowest BCUT2D eigenvalue weighted by Gasteiger charge is -2.08. The van der Waals surface area contributed by atoms with Crippen LogP contribution in [0.5, 0.6) is 0 Å². The highest BCUT2D eigenvalue weighted by molar-refractivity contribution is 7.21. The van der Waals surface area contributed by atoms with E-state index in [9.17, 15) is 4.79 Å². The highest BCUT2D eigenvalue weighted by Crippen LogP contribution is 2.35. The van der Waals surface area contributed by atoms with E-state index in [1.165, 1.54) is 11.3 Å². The fourth-order valence-electron chi connectivity index (χ4n) is 2.86. The second kappa shape index (κ2) is 7.43. The van der Waals surface area contributed by atoms with E-state index < -0.39 is 0 Å². The van der Waals surface area contributed by atoms with Crippen molar-refractivity contribution in [1.82, 2.24) is 4.98 Å². The van der Waals surface area contributed by atoms with Crippen LogP contribution in [0.1, 0.15) is 15.2 Å². The lowest BCUT2D eigenvalue weighted by Crippen LogP contribution is -2.12. The number of hydrogen-bond donors (Lipinski definition) is 2. The molecule has 3 N–H and O–H groups in total. The molecule has 0 saturated heterocycles. The molecule has 140 valence electrons. The topological polar surface area (TPSA) is 68.0 Å². The van der Waals surface area contributed by atoms with Crippen LogP contribution in [0, 0.1) is 6.92 Å². The number of aryl methyl sites for hydroxylation is 1. The molecule has 1 amide bonds. The van der Waals surface area contributed by atoms with Gasteiger partial charge in [0.2, 0.25) is 0 Å². The molecular formula is C21H15Cl2N3OS. The number of fused-ring (bicyclic) bond motifs is 1. The molecule has 4 rings (SSSR count). The summed E-state index contributed by atoms with van der Waals surface area (Å²) in [6.45, 7) is 1.90. The predicted octanol–water partition coefficient (Wildman–Crippen LogP) is 6.41. The smallest absolute Gasteiger partial charge is 0.267 e. The highest BCUT2D eigenvalue weighted by atomic mass is 35.5. The Morgan fingerprint density at radius 1 is 1.04 bits per heavy atom. The van der Waals surface area contributed by atoms with Crippen LogP contribution in [0.15, 0.2) is 54.6 Å². The van der Waals surface area contributed by atoms with E-state index in [1.54, 1.807) is 12.1 Å². The Morgan fingerprint density at radius 3 is 2.50 bits per heavy atom. The molecule has 7 heteroatoms. The summed E-state index contributed by atoms with van der Waals surface area (Å²) in [5.74, 6) is -0.279. The number of carbonyl (C=O) groups is 1. The van der Waals surface area contributed by atoms with Gasteiger partial charge >= 0.3 is 0 Å². The van der Waals surface area contributed by atoms with Gasteiger partial charge in [-0.25, -0.2) is 4.98 Å². The molecule has 0 aliphatic heterocycles. The molecule has 0 bridgehead atoms. The summed E-state index contributed by atoms with van der Waals surface area (Å²) in [5, 5.41) is 4.87. The summed E-state index contributed by atoms with van der Waals surface area (Å²) < 4.78 is 0. The number of amides is 1. The minimum atomic E-state index is -0.279. The van der Waals surface area contributed by atoms with Gasteiger partial charge in [0.15, 0.2) is 0 Å². The minimum Gasteiger partial charge on any atom is -0.397 e. The number of benzene rings is 2. The summed E-state index contributed by atoms with van der Waals surface area (Å²) in [6.07, 6.45) is 0. The molecule has 0 aliphatic carbocycles. The van der Waals surface area contributed by atoms with Gasteiger partial charge in [0.25, 0.3) is 5.91 Å². The van der Waals surface area contributed by atoms with Gasteiger partial charge in [-0.2, -0.15) is 0 Å². The van der Waals surface area contributed by atoms with Gasteiger partial charge in [0.05, 0.1) is 11.4 Å². The molecule has 0 radical (unpaired) electrons. The maximum Gasteiger partial charge on any atom is 0.267 e. The Labute approximate surface area is 175 Å². The summed E-state index contributed by atoms with van der Waals surface area (Å²) >= 11 is 13.3. The van der Waals surface area contributed by atoms with Crippen molar-refractivity contribution in [2.24, 2.45) is 0 Å². The molecule has 0 fully saturated rings. The first kappa shape index (κ1) is 18.7. The van der Waals surface area contributed by atoms with Crippen LogP contribution < -0.4 is 11.1 Å². The van der Waals surface area contributed by atoms with Gasteiger partial charge in [0, 0.05) is 26.7 Å². The van der Waals surface area contributed by atoms with Crippen molar-refractivity contribution >= 4 is 62.0 Å². The number of hydrogen-bond acceptors (Lipinski definition) is 4. The summed E-state index contributed by atoms with van der Waals surface area (Å²) in [7, 11) is 0. The van der Waals surface area contributed by atoms with Crippen LogP contribution in [0.2, 0.25) is 10.0 Å². The molecule has 2 aromatic heterocycles. The maximum atomic E-state index is 12.8. The van der Waals surface area contributed by atoms with E-state index in [1.807, 2.05) is 49.4 Å². The lowest BCUT2D eigenvalue weighted by atomic mass is 10.1. The molecule has 0 aliphatic rings. The summed E-state index contributed by atoms with van der Waals surface area (Å²) in [4.78, 5) is 18.6. The fraction of sp³-hybridized carbons (Fsp3) is 0.0476.